The molecule has 3 aromatic carbocycles. The van der Waals surface area contributed by atoms with Gasteiger partial charge in [-0.25, -0.2) is 4.68 Å². The third-order valence-corrected chi connectivity index (χ3v) is 6.75. The summed E-state index contributed by atoms with van der Waals surface area (Å²) < 4.78 is 25.0. The third-order valence-electron chi connectivity index (χ3n) is 6.52. The summed E-state index contributed by atoms with van der Waals surface area (Å²) in [4.78, 5) is 4.47. The summed E-state index contributed by atoms with van der Waals surface area (Å²) in [5.41, 5.74) is 4.64. The number of hydrogen-bond acceptors (Lipinski definition) is 7. The molecule has 3 heterocycles. The molecule has 1 N–H and O–H groups in total. The molecule has 2 aliphatic heterocycles. The van der Waals surface area contributed by atoms with Crippen LogP contribution in [0.4, 0.5) is 5.95 Å². The topological polar surface area (TPSA) is 79.7 Å². The third kappa shape index (κ3) is 3.53. The van der Waals surface area contributed by atoms with Crippen molar-refractivity contribution in [1.29, 1.82) is 0 Å². The van der Waals surface area contributed by atoms with Gasteiger partial charge in [0.2, 0.25) is 5.95 Å². The second-order valence-corrected chi connectivity index (χ2v) is 8.85. The van der Waals surface area contributed by atoms with Crippen LogP contribution in [0.15, 0.2) is 72.6 Å². The lowest BCUT2D eigenvalue weighted by molar-refractivity contribution is 0.222. The molecule has 0 fully saturated rings. The van der Waals surface area contributed by atoms with E-state index < -0.39 is 6.10 Å². The van der Waals surface area contributed by atoms with Crippen molar-refractivity contribution in [3.63, 3.8) is 0 Å². The summed E-state index contributed by atoms with van der Waals surface area (Å²) in [6.07, 6.45) is 1.09. The summed E-state index contributed by atoms with van der Waals surface area (Å²) >= 11 is 6.42. The standard InChI is InChI=1S/C27H23ClN4O4/c1-33-18-8-4-15(5-9-18)25-23-24(31-27-29-14-30-32(25)27)19-13-17(28)7-11-20(19)36-26(23)16-6-10-21(34-2)22(12-16)35-3/h4-14,25-26H,1-3H3,(H,29,30,31)/t25-,26-/m1/s1. The van der Waals surface area contributed by atoms with E-state index in [0.29, 0.717) is 28.2 Å². The number of hydrogen-bond donors (Lipinski definition) is 1. The minimum atomic E-state index is -0.453. The van der Waals surface area contributed by atoms with Gasteiger partial charge >= 0.3 is 0 Å². The molecule has 9 heteroatoms. The Hall–Kier alpha value is -4.17. The fourth-order valence-electron chi connectivity index (χ4n) is 4.84. The first-order valence-corrected chi connectivity index (χ1v) is 11.7. The Kier molecular flexibility index (Phi) is 5.45. The van der Waals surface area contributed by atoms with Crippen molar-refractivity contribution in [1.82, 2.24) is 14.8 Å². The van der Waals surface area contributed by atoms with Gasteiger partial charge in [-0.05, 0) is 48.0 Å². The van der Waals surface area contributed by atoms with Crippen molar-refractivity contribution in [2.24, 2.45) is 0 Å². The van der Waals surface area contributed by atoms with Crippen molar-refractivity contribution in [3.05, 3.63) is 94.3 Å². The van der Waals surface area contributed by atoms with Crippen LogP contribution in [0.25, 0.3) is 5.70 Å². The lowest BCUT2D eigenvalue weighted by atomic mass is 9.84. The molecule has 0 saturated heterocycles. The van der Waals surface area contributed by atoms with Gasteiger partial charge in [0.15, 0.2) is 11.5 Å². The average molecular weight is 503 g/mol. The van der Waals surface area contributed by atoms with E-state index in [2.05, 4.69) is 15.4 Å². The number of anilines is 1. The molecule has 6 rings (SSSR count). The van der Waals surface area contributed by atoms with Gasteiger partial charge in [0, 0.05) is 21.7 Å². The molecule has 182 valence electrons. The molecule has 0 spiro atoms. The monoisotopic (exact) mass is 502 g/mol. The molecule has 36 heavy (non-hydrogen) atoms. The minimum absolute atomic E-state index is 0.296. The van der Waals surface area contributed by atoms with Crippen LogP contribution in [-0.2, 0) is 0 Å². The van der Waals surface area contributed by atoms with Crippen LogP contribution in [0.1, 0.15) is 28.8 Å². The molecular formula is C27H23ClN4O4. The maximum atomic E-state index is 6.66. The number of methoxy groups -OCH3 is 3. The average Bonchev–Trinajstić information content (AvgIpc) is 3.39. The SMILES string of the molecule is COc1ccc([C@@H]2C3=C(Nc4ncnn42)c2cc(Cl)ccc2O[C@@H]3c2ccc(OC)c(OC)c2)cc1. The van der Waals surface area contributed by atoms with Crippen LogP contribution >= 0.6 is 11.6 Å². The zero-order valence-corrected chi connectivity index (χ0v) is 20.6. The first kappa shape index (κ1) is 22.3. The van der Waals surface area contributed by atoms with Gasteiger partial charge in [-0.2, -0.15) is 10.1 Å². The van der Waals surface area contributed by atoms with E-state index in [-0.39, 0.29) is 6.04 Å². The molecule has 1 aromatic heterocycles. The summed E-state index contributed by atoms with van der Waals surface area (Å²) in [7, 11) is 4.89. The highest BCUT2D eigenvalue weighted by molar-refractivity contribution is 6.30. The van der Waals surface area contributed by atoms with E-state index in [1.54, 1.807) is 27.7 Å². The van der Waals surface area contributed by atoms with Gasteiger partial charge in [-0.15, -0.1) is 0 Å². The number of ether oxygens (including phenoxy) is 4. The maximum Gasteiger partial charge on any atom is 0.226 e. The van der Waals surface area contributed by atoms with Crippen LogP contribution in [0.3, 0.4) is 0 Å². The Morgan fingerprint density at radius 2 is 1.67 bits per heavy atom. The highest BCUT2D eigenvalue weighted by atomic mass is 35.5. The van der Waals surface area contributed by atoms with Gasteiger partial charge in [0.05, 0.1) is 27.0 Å². The van der Waals surface area contributed by atoms with E-state index in [1.807, 2.05) is 65.3 Å². The molecule has 2 atom stereocenters. The Morgan fingerprint density at radius 1 is 0.889 bits per heavy atom. The van der Waals surface area contributed by atoms with Gasteiger partial charge in [-0.1, -0.05) is 29.8 Å². The number of rotatable bonds is 5. The number of aromatic nitrogens is 3. The van der Waals surface area contributed by atoms with Crippen molar-refractivity contribution < 1.29 is 18.9 Å². The molecule has 0 bridgehead atoms. The molecule has 0 amide bonds. The predicted octanol–water partition coefficient (Wildman–Crippen LogP) is 5.52. The molecule has 0 saturated carbocycles. The van der Waals surface area contributed by atoms with E-state index >= 15 is 0 Å². The fraction of sp³-hybridized carbons (Fsp3) is 0.185. The van der Waals surface area contributed by atoms with Crippen LogP contribution < -0.4 is 24.3 Å². The van der Waals surface area contributed by atoms with E-state index in [4.69, 9.17) is 30.5 Å². The zero-order valence-electron chi connectivity index (χ0n) is 19.9. The van der Waals surface area contributed by atoms with E-state index in [9.17, 15) is 0 Å². The summed E-state index contributed by atoms with van der Waals surface area (Å²) in [5, 5.41) is 8.66. The highest BCUT2D eigenvalue weighted by Crippen LogP contribution is 2.51. The highest BCUT2D eigenvalue weighted by Gasteiger charge is 2.41. The molecule has 4 aromatic rings. The van der Waals surface area contributed by atoms with Gasteiger partial charge < -0.3 is 24.3 Å². The second kappa shape index (κ2) is 8.80. The van der Waals surface area contributed by atoms with Crippen LogP contribution in [0.2, 0.25) is 5.02 Å². The molecular weight excluding hydrogens is 480 g/mol. The molecule has 0 radical (unpaired) electrons. The quantitative estimate of drug-likeness (QED) is 0.385. The Morgan fingerprint density at radius 3 is 2.42 bits per heavy atom. The van der Waals surface area contributed by atoms with Crippen LogP contribution in [0, 0.1) is 0 Å². The molecule has 0 aliphatic carbocycles. The molecule has 0 unspecified atom stereocenters. The predicted molar refractivity (Wildman–Crippen MR) is 136 cm³/mol. The van der Waals surface area contributed by atoms with Crippen molar-refractivity contribution in [2.45, 2.75) is 12.1 Å². The number of fused-ring (bicyclic) bond motifs is 3. The Balaban J connectivity index is 1.60. The van der Waals surface area contributed by atoms with Crippen LogP contribution in [0.5, 0.6) is 23.0 Å². The Labute approximate surface area is 213 Å². The fourth-order valence-corrected chi connectivity index (χ4v) is 5.01. The second-order valence-electron chi connectivity index (χ2n) is 8.41. The minimum Gasteiger partial charge on any atom is -0.497 e. The summed E-state index contributed by atoms with van der Waals surface area (Å²) in [6, 6.07) is 19.1. The van der Waals surface area contributed by atoms with Crippen LogP contribution in [-0.4, -0.2) is 36.1 Å². The first-order valence-electron chi connectivity index (χ1n) is 11.3. The summed E-state index contributed by atoms with van der Waals surface area (Å²) in [6.45, 7) is 0. The lowest BCUT2D eigenvalue weighted by Gasteiger charge is -2.39. The van der Waals surface area contributed by atoms with Gasteiger partial charge in [-0.3, -0.25) is 0 Å². The van der Waals surface area contributed by atoms with Crippen molar-refractivity contribution in [2.75, 3.05) is 26.6 Å². The maximum absolute atomic E-state index is 6.66. The van der Waals surface area contributed by atoms with E-state index in [0.717, 1.165) is 33.7 Å². The molecule has 2 aliphatic rings. The number of benzene rings is 3. The first-order chi connectivity index (χ1) is 17.6. The zero-order chi connectivity index (χ0) is 24.8. The molecule has 8 nitrogen and oxygen atoms in total. The normalized spacial score (nSPS) is 17.8. The number of nitrogens with zero attached hydrogens (tertiary/aromatic N) is 3. The van der Waals surface area contributed by atoms with Gasteiger partial charge in [0.25, 0.3) is 0 Å². The largest absolute Gasteiger partial charge is 0.497 e. The number of nitrogens with one attached hydrogen (secondary N) is 1. The van der Waals surface area contributed by atoms with Crippen molar-refractivity contribution >= 4 is 23.2 Å². The van der Waals surface area contributed by atoms with Gasteiger partial charge in [0.1, 0.15) is 30.0 Å². The number of halogens is 1. The summed E-state index contributed by atoms with van der Waals surface area (Å²) in [5.74, 6) is 3.38. The smallest absolute Gasteiger partial charge is 0.226 e. The van der Waals surface area contributed by atoms with E-state index in [1.165, 1.54) is 0 Å². The Bertz CT molecular complexity index is 1480. The lowest BCUT2D eigenvalue weighted by Crippen LogP contribution is -2.32. The van der Waals surface area contributed by atoms with Crippen molar-refractivity contribution in [3.8, 4) is 23.0 Å².